The van der Waals surface area contributed by atoms with Crippen molar-refractivity contribution in [2.75, 3.05) is 7.11 Å². The monoisotopic (exact) mass is 272 g/mol. The first-order chi connectivity index (χ1) is 9.51. The van der Waals surface area contributed by atoms with Gasteiger partial charge in [0.2, 0.25) is 0 Å². The molecule has 20 heavy (non-hydrogen) atoms. The molecule has 2 aromatic rings. The molecule has 3 N–H and O–H groups in total. The first kappa shape index (κ1) is 14.8. The van der Waals surface area contributed by atoms with Gasteiger partial charge in [-0.05, 0) is 49.9 Å². The minimum absolute atomic E-state index is 0.506. The second kappa shape index (κ2) is 5.81. The topological polar surface area (TPSA) is 51.0 Å². The lowest BCUT2D eigenvalue weighted by Gasteiger charge is -2.14. The fourth-order valence-corrected chi connectivity index (χ4v) is 2.76. The van der Waals surface area contributed by atoms with E-state index in [0.717, 1.165) is 11.4 Å². The van der Waals surface area contributed by atoms with E-state index in [0.29, 0.717) is 13.2 Å². The molecular formula is C17H24N2O. The van der Waals surface area contributed by atoms with Crippen LogP contribution >= 0.6 is 0 Å². The molecule has 0 aliphatic heterocycles. The van der Waals surface area contributed by atoms with E-state index >= 15 is 0 Å². The van der Waals surface area contributed by atoms with Crippen molar-refractivity contribution >= 4 is 0 Å². The van der Waals surface area contributed by atoms with Gasteiger partial charge in [-0.3, -0.25) is 0 Å². The Morgan fingerprint density at radius 1 is 1.10 bits per heavy atom. The van der Waals surface area contributed by atoms with Crippen molar-refractivity contribution in [2.45, 2.75) is 40.8 Å². The Balaban J connectivity index is 2.71. The largest absolute Gasteiger partial charge is 0.380 e. The average Bonchev–Trinajstić information content (AvgIpc) is 2.74. The third-order valence-electron chi connectivity index (χ3n) is 4.21. The van der Waals surface area contributed by atoms with Gasteiger partial charge >= 0.3 is 0 Å². The maximum absolute atomic E-state index is 5.91. The number of aromatic amines is 1. The summed E-state index contributed by atoms with van der Waals surface area (Å²) < 4.78 is 5.36. The number of ether oxygens (including phenoxy) is 1. The van der Waals surface area contributed by atoms with E-state index in [1.165, 1.54) is 33.4 Å². The van der Waals surface area contributed by atoms with Gasteiger partial charge in [0.15, 0.2) is 0 Å². The van der Waals surface area contributed by atoms with E-state index in [2.05, 4.69) is 44.8 Å². The van der Waals surface area contributed by atoms with Crippen LogP contribution < -0.4 is 5.73 Å². The van der Waals surface area contributed by atoms with E-state index in [-0.39, 0.29) is 0 Å². The molecule has 0 atom stereocenters. The van der Waals surface area contributed by atoms with Gasteiger partial charge in [0, 0.05) is 36.2 Å². The van der Waals surface area contributed by atoms with Crippen LogP contribution in [0.2, 0.25) is 0 Å². The Morgan fingerprint density at radius 2 is 1.80 bits per heavy atom. The van der Waals surface area contributed by atoms with Crippen LogP contribution in [0.3, 0.4) is 0 Å². The van der Waals surface area contributed by atoms with Crippen LogP contribution in [0.15, 0.2) is 12.1 Å². The van der Waals surface area contributed by atoms with Crippen LogP contribution in [-0.4, -0.2) is 12.1 Å². The highest BCUT2D eigenvalue weighted by Crippen LogP contribution is 2.34. The van der Waals surface area contributed by atoms with E-state index in [9.17, 15) is 0 Å². The number of aryl methyl sites for hydroxylation is 2. The lowest BCUT2D eigenvalue weighted by molar-refractivity contribution is 0.185. The van der Waals surface area contributed by atoms with Gasteiger partial charge in [-0.25, -0.2) is 0 Å². The van der Waals surface area contributed by atoms with Gasteiger partial charge in [-0.15, -0.1) is 0 Å². The fourth-order valence-electron chi connectivity index (χ4n) is 2.76. The zero-order valence-corrected chi connectivity index (χ0v) is 13.1. The number of aromatic nitrogens is 1. The normalized spacial score (nSPS) is 11.1. The first-order valence-electron chi connectivity index (χ1n) is 6.97. The summed E-state index contributed by atoms with van der Waals surface area (Å²) in [5.41, 5.74) is 15.8. The van der Waals surface area contributed by atoms with Crippen LogP contribution in [-0.2, 0) is 17.9 Å². The molecule has 3 heteroatoms. The molecule has 2 rings (SSSR count). The third kappa shape index (κ3) is 2.39. The van der Waals surface area contributed by atoms with E-state index in [1.807, 2.05) is 0 Å². The van der Waals surface area contributed by atoms with Gasteiger partial charge in [0.1, 0.15) is 0 Å². The van der Waals surface area contributed by atoms with Crippen molar-refractivity contribution in [2.24, 2.45) is 5.73 Å². The Morgan fingerprint density at radius 3 is 2.40 bits per heavy atom. The van der Waals surface area contributed by atoms with Crippen LogP contribution in [0, 0.1) is 27.7 Å². The molecule has 0 saturated heterocycles. The van der Waals surface area contributed by atoms with Crippen molar-refractivity contribution in [3.8, 4) is 11.1 Å². The molecule has 0 fully saturated rings. The van der Waals surface area contributed by atoms with Crippen LogP contribution in [0.4, 0.5) is 0 Å². The molecule has 108 valence electrons. The molecule has 0 unspecified atom stereocenters. The van der Waals surface area contributed by atoms with Gasteiger partial charge in [0.05, 0.1) is 6.61 Å². The Hall–Kier alpha value is -1.58. The van der Waals surface area contributed by atoms with Crippen LogP contribution in [0.1, 0.15) is 33.6 Å². The molecule has 0 amide bonds. The Bertz CT molecular complexity index is 626. The standard InChI is InChI=1S/C17H24N2O/c1-10-6-7-14(12(3)11(10)2)17-15(9-20-5)13(4)19-16(17)8-18/h6-7,19H,8-9,18H2,1-5H3. The first-order valence-corrected chi connectivity index (χ1v) is 6.97. The second-order valence-corrected chi connectivity index (χ2v) is 5.40. The molecule has 0 aliphatic rings. The number of rotatable bonds is 4. The molecule has 0 bridgehead atoms. The molecule has 0 spiro atoms. The lowest BCUT2D eigenvalue weighted by atomic mass is 9.91. The quantitative estimate of drug-likeness (QED) is 0.894. The van der Waals surface area contributed by atoms with Crippen molar-refractivity contribution in [3.63, 3.8) is 0 Å². The van der Waals surface area contributed by atoms with Crippen LogP contribution in [0.5, 0.6) is 0 Å². The highest BCUT2D eigenvalue weighted by atomic mass is 16.5. The van der Waals surface area contributed by atoms with Gasteiger partial charge < -0.3 is 15.5 Å². The number of nitrogens with one attached hydrogen (secondary N) is 1. The Kier molecular flexibility index (Phi) is 4.31. The van der Waals surface area contributed by atoms with Crippen molar-refractivity contribution in [1.29, 1.82) is 0 Å². The maximum Gasteiger partial charge on any atom is 0.0736 e. The van der Waals surface area contributed by atoms with Gasteiger partial charge in [-0.2, -0.15) is 0 Å². The summed E-state index contributed by atoms with van der Waals surface area (Å²) in [7, 11) is 1.73. The van der Waals surface area contributed by atoms with Gasteiger partial charge in [-0.1, -0.05) is 12.1 Å². The summed E-state index contributed by atoms with van der Waals surface area (Å²) in [6.45, 7) is 9.68. The number of hydrogen-bond donors (Lipinski definition) is 2. The minimum Gasteiger partial charge on any atom is -0.380 e. The number of hydrogen-bond acceptors (Lipinski definition) is 2. The molecule has 0 saturated carbocycles. The molecule has 1 aromatic heterocycles. The number of methoxy groups -OCH3 is 1. The highest BCUT2D eigenvalue weighted by Gasteiger charge is 2.18. The predicted molar refractivity (Wildman–Crippen MR) is 83.8 cm³/mol. The summed E-state index contributed by atoms with van der Waals surface area (Å²) in [6.07, 6.45) is 0. The fraction of sp³-hybridized carbons (Fsp3) is 0.412. The number of H-pyrrole nitrogens is 1. The molecule has 0 aliphatic carbocycles. The highest BCUT2D eigenvalue weighted by molar-refractivity contribution is 5.75. The lowest BCUT2D eigenvalue weighted by Crippen LogP contribution is -2.01. The van der Waals surface area contributed by atoms with Crippen molar-refractivity contribution in [3.05, 3.63) is 45.8 Å². The zero-order valence-electron chi connectivity index (χ0n) is 13.1. The third-order valence-corrected chi connectivity index (χ3v) is 4.21. The zero-order chi connectivity index (χ0) is 14.9. The molecule has 1 aromatic carbocycles. The SMILES string of the molecule is COCc1c(C)[nH]c(CN)c1-c1ccc(C)c(C)c1C. The average molecular weight is 272 g/mol. The van der Waals surface area contributed by atoms with Crippen molar-refractivity contribution in [1.82, 2.24) is 4.98 Å². The van der Waals surface area contributed by atoms with E-state index < -0.39 is 0 Å². The Labute approximate surface area is 121 Å². The molecule has 1 heterocycles. The maximum atomic E-state index is 5.91. The number of nitrogens with two attached hydrogens (primary N) is 1. The second-order valence-electron chi connectivity index (χ2n) is 5.40. The molecule has 0 radical (unpaired) electrons. The summed E-state index contributed by atoms with van der Waals surface area (Å²) in [5.74, 6) is 0. The smallest absolute Gasteiger partial charge is 0.0736 e. The van der Waals surface area contributed by atoms with Crippen molar-refractivity contribution < 1.29 is 4.74 Å². The van der Waals surface area contributed by atoms with Gasteiger partial charge in [0.25, 0.3) is 0 Å². The minimum atomic E-state index is 0.506. The summed E-state index contributed by atoms with van der Waals surface area (Å²) >= 11 is 0. The van der Waals surface area contributed by atoms with Crippen LogP contribution in [0.25, 0.3) is 11.1 Å². The van der Waals surface area contributed by atoms with E-state index in [4.69, 9.17) is 10.5 Å². The summed E-state index contributed by atoms with van der Waals surface area (Å²) in [6, 6.07) is 4.37. The summed E-state index contributed by atoms with van der Waals surface area (Å²) in [4.78, 5) is 3.40. The molecular weight excluding hydrogens is 248 g/mol. The molecule has 3 nitrogen and oxygen atoms in total. The summed E-state index contributed by atoms with van der Waals surface area (Å²) in [5, 5.41) is 0. The van der Waals surface area contributed by atoms with E-state index in [1.54, 1.807) is 7.11 Å². The predicted octanol–water partition coefficient (Wildman–Crippen LogP) is 3.52. The number of benzene rings is 1.